The van der Waals surface area contributed by atoms with Crippen LogP contribution < -0.4 is 20.7 Å². The van der Waals surface area contributed by atoms with Gasteiger partial charge in [-0.2, -0.15) is 0 Å². The number of aldehydes is 1. The number of carbonyl (C=O) groups excluding carboxylic acids is 4. The number of amides is 3. The lowest BCUT2D eigenvalue weighted by molar-refractivity contribution is -0.127. The van der Waals surface area contributed by atoms with Crippen LogP contribution in [-0.2, 0) is 14.4 Å². The van der Waals surface area contributed by atoms with Crippen molar-refractivity contribution < 1.29 is 23.9 Å². The second-order valence-electron chi connectivity index (χ2n) is 8.52. The Morgan fingerprint density at radius 3 is 2.56 bits per heavy atom. The fourth-order valence-electron chi connectivity index (χ4n) is 3.97. The number of aromatic amines is 1. The van der Waals surface area contributed by atoms with Gasteiger partial charge in [-0.15, -0.1) is 0 Å². The molecule has 2 heterocycles. The van der Waals surface area contributed by atoms with Gasteiger partial charge in [0.25, 0.3) is 5.91 Å². The van der Waals surface area contributed by atoms with E-state index >= 15 is 0 Å². The average molecular weight is 473 g/mol. The SMILES string of the molecule is CC.COc1cccc2[nH]c(C(=O)N[C@@H](CC(C)C)C(=O)N[C@H](C=O)C[C@@H]3CCNC3=O)cc12. The molecular weight excluding hydrogens is 436 g/mol. The molecule has 3 atom stereocenters. The third kappa shape index (κ3) is 6.82. The zero-order chi connectivity index (χ0) is 25.3. The van der Waals surface area contributed by atoms with E-state index < -0.39 is 23.9 Å². The Balaban J connectivity index is 0.00000199. The van der Waals surface area contributed by atoms with Crippen LogP contribution >= 0.6 is 0 Å². The number of methoxy groups -OCH3 is 1. The number of H-pyrrole nitrogens is 1. The van der Waals surface area contributed by atoms with Crippen LogP contribution in [0.2, 0.25) is 0 Å². The molecule has 2 aromatic rings. The van der Waals surface area contributed by atoms with Gasteiger partial charge in [-0.1, -0.05) is 33.8 Å². The fourth-order valence-corrected chi connectivity index (χ4v) is 3.97. The second-order valence-corrected chi connectivity index (χ2v) is 8.52. The molecule has 0 radical (unpaired) electrons. The highest BCUT2D eigenvalue weighted by Gasteiger charge is 2.30. The smallest absolute Gasteiger partial charge is 0.268 e. The number of hydrogen-bond acceptors (Lipinski definition) is 5. The Morgan fingerprint density at radius 2 is 1.97 bits per heavy atom. The molecule has 0 unspecified atom stereocenters. The molecule has 4 N–H and O–H groups in total. The fraction of sp³-hybridized carbons (Fsp3) is 0.520. The number of rotatable bonds is 10. The summed E-state index contributed by atoms with van der Waals surface area (Å²) in [6.45, 7) is 8.46. The van der Waals surface area contributed by atoms with E-state index in [0.29, 0.717) is 37.1 Å². The van der Waals surface area contributed by atoms with Gasteiger partial charge in [0, 0.05) is 23.4 Å². The quantitative estimate of drug-likeness (QED) is 0.395. The number of fused-ring (bicyclic) bond motifs is 1. The molecular formula is C25H36N4O5. The molecule has 1 saturated heterocycles. The minimum atomic E-state index is -0.823. The molecule has 0 spiro atoms. The Morgan fingerprint density at radius 1 is 1.24 bits per heavy atom. The molecule has 0 aliphatic carbocycles. The van der Waals surface area contributed by atoms with Crippen molar-refractivity contribution in [3.63, 3.8) is 0 Å². The summed E-state index contributed by atoms with van der Waals surface area (Å²) in [4.78, 5) is 52.2. The molecule has 1 fully saturated rings. The maximum atomic E-state index is 12.9. The van der Waals surface area contributed by atoms with Crippen molar-refractivity contribution in [1.29, 1.82) is 0 Å². The van der Waals surface area contributed by atoms with E-state index in [2.05, 4.69) is 20.9 Å². The van der Waals surface area contributed by atoms with Crippen molar-refractivity contribution >= 4 is 34.9 Å². The van der Waals surface area contributed by atoms with Gasteiger partial charge in [0.2, 0.25) is 11.8 Å². The van der Waals surface area contributed by atoms with Crippen LogP contribution in [0.4, 0.5) is 0 Å². The summed E-state index contributed by atoms with van der Waals surface area (Å²) >= 11 is 0. The predicted molar refractivity (Wildman–Crippen MR) is 131 cm³/mol. The number of benzene rings is 1. The molecule has 0 saturated carbocycles. The molecule has 3 amide bonds. The highest BCUT2D eigenvalue weighted by Crippen LogP contribution is 2.26. The minimum absolute atomic E-state index is 0.104. The lowest BCUT2D eigenvalue weighted by Crippen LogP contribution is -2.51. The lowest BCUT2D eigenvalue weighted by atomic mass is 9.98. The van der Waals surface area contributed by atoms with Crippen molar-refractivity contribution in [3.8, 4) is 5.75 Å². The Labute approximate surface area is 200 Å². The lowest BCUT2D eigenvalue weighted by Gasteiger charge is -2.23. The normalized spacial score (nSPS) is 16.8. The summed E-state index contributed by atoms with van der Waals surface area (Å²) in [5.41, 5.74) is 1.05. The summed E-state index contributed by atoms with van der Waals surface area (Å²) in [6.07, 6.45) is 1.92. The van der Waals surface area contributed by atoms with Crippen LogP contribution in [0.15, 0.2) is 24.3 Å². The maximum Gasteiger partial charge on any atom is 0.268 e. The van der Waals surface area contributed by atoms with Gasteiger partial charge < -0.3 is 30.5 Å². The van der Waals surface area contributed by atoms with Crippen molar-refractivity contribution in [1.82, 2.24) is 20.9 Å². The maximum absolute atomic E-state index is 12.9. The first-order valence-corrected chi connectivity index (χ1v) is 11.8. The van der Waals surface area contributed by atoms with Gasteiger partial charge in [0.05, 0.1) is 13.2 Å². The topological polar surface area (TPSA) is 129 Å². The first kappa shape index (κ1) is 26.9. The van der Waals surface area contributed by atoms with Gasteiger partial charge >= 0.3 is 0 Å². The average Bonchev–Trinajstić information content (AvgIpc) is 3.45. The summed E-state index contributed by atoms with van der Waals surface area (Å²) in [7, 11) is 1.56. The molecule has 9 heteroatoms. The molecule has 9 nitrogen and oxygen atoms in total. The number of ether oxygens (including phenoxy) is 1. The van der Waals surface area contributed by atoms with E-state index in [1.165, 1.54) is 0 Å². The van der Waals surface area contributed by atoms with Crippen LogP contribution in [-0.4, -0.2) is 54.7 Å². The molecule has 1 aliphatic heterocycles. The molecule has 1 aromatic carbocycles. The van der Waals surface area contributed by atoms with Crippen molar-refractivity contribution in [2.45, 2.75) is 59.0 Å². The molecule has 3 rings (SSSR count). The summed E-state index contributed by atoms with van der Waals surface area (Å²) in [5.74, 6) is -0.515. The number of carbonyl (C=O) groups is 4. The first-order chi connectivity index (χ1) is 16.3. The van der Waals surface area contributed by atoms with E-state index in [9.17, 15) is 19.2 Å². The van der Waals surface area contributed by atoms with E-state index in [0.717, 1.165) is 10.9 Å². The summed E-state index contributed by atoms with van der Waals surface area (Å²) < 4.78 is 5.33. The van der Waals surface area contributed by atoms with Gasteiger partial charge in [-0.05, 0) is 43.4 Å². The second kappa shape index (κ2) is 12.8. The van der Waals surface area contributed by atoms with Crippen molar-refractivity contribution in [2.24, 2.45) is 11.8 Å². The molecule has 0 bridgehead atoms. The number of aromatic nitrogens is 1. The van der Waals surface area contributed by atoms with Gasteiger partial charge in [-0.3, -0.25) is 14.4 Å². The van der Waals surface area contributed by atoms with E-state index in [-0.39, 0.29) is 24.2 Å². The molecule has 1 aromatic heterocycles. The zero-order valence-electron chi connectivity index (χ0n) is 20.6. The summed E-state index contributed by atoms with van der Waals surface area (Å²) in [5, 5.41) is 8.96. The van der Waals surface area contributed by atoms with E-state index in [1.807, 2.05) is 39.8 Å². The predicted octanol–water partition coefficient (Wildman–Crippen LogP) is 2.56. The van der Waals surface area contributed by atoms with Gasteiger partial charge in [0.15, 0.2) is 0 Å². The monoisotopic (exact) mass is 472 g/mol. The van der Waals surface area contributed by atoms with E-state index in [1.54, 1.807) is 19.2 Å². The third-order valence-electron chi connectivity index (χ3n) is 5.61. The minimum Gasteiger partial charge on any atom is -0.496 e. The number of hydrogen-bond donors (Lipinski definition) is 4. The third-order valence-corrected chi connectivity index (χ3v) is 5.61. The van der Waals surface area contributed by atoms with Gasteiger partial charge in [-0.25, -0.2) is 0 Å². The Kier molecular flexibility index (Phi) is 10.1. The first-order valence-electron chi connectivity index (χ1n) is 11.8. The van der Waals surface area contributed by atoms with E-state index in [4.69, 9.17) is 4.74 Å². The standard InChI is InChI=1S/C23H30N4O5.C2H6/c1-13(2)9-18(22(30)25-15(12-28)10-14-7-8-24-21(14)29)27-23(31)19-11-16-17(26-19)5-4-6-20(16)32-3;1-2/h4-6,11-15,18,26H,7-10H2,1-3H3,(H,24,29)(H,25,30)(H,27,31);1-2H3/t14-,15-,18-;/m0./s1. The summed E-state index contributed by atoms with van der Waals surface area (Å²) in [6, 6.07) is 5.52. The largest absolute Gasteiger partial charge is 0.496 e. The highest BCUT2D eigenvalue weighted by atomic mass is 16.5. The molecule has 34 heavy (non-hydrogen) atoms. The van der Waals surface area contributed by atoms with Crippen molar-refractivity contribution in [2.75, 3.05) is 13.7 Å². The van der Waals surface area contributed by atoms with Gasteiger partial charge in [0.1, 0.15) is 23.8 Å². The Bertz CT molecular complexity index is 1000. The molecule has 186 valence electrons. The number of nitrogens with one attached hydrogen (secondary N) is 4. The van der Waals surface area contributed by atoms with Crippen LogP contribution in [0.5, 0.6) is 5.75 Å². The van der Waals surface area contributed by atoms with Crippen LogP contribution in [0.1, 0.15) is 57.4 Å². The molecule has 1 aliphatic rings. The zero-order valence-corrected chi connectivity index (χ0v) is 20.6. The van der Waals surface area contributed by atoms with Crippen LogP contribution in [0.3, 0.4) is 0 Å². The van der Waals surface area contributed by atoms with Crippen LogP contribution in [0.25, 0.3) is 10.9 Å². The van der Waals surface area contributed by atoms with Crippen molar-refractivity contribution in [3.05, 3.63) is 30.0 Å². The van der Waals surface area contributed by atoms with Crippen LogP contribution in [0, 0.1) is 11.8 Å². The highest BCUT2D eigenvalue weighted by molar-refractivity contribution is 6.01. The Hall–Kier alpha value is -3.36.